The lowest BCUT2D eigenvalue weighted by Gasteiger charge is -2.17. The Morgan fingerprint density at radius 1 is 1.05 bits per heavy atom. The first-order valence-electron chi connectivity index (χ1n) is 13.1. The van der Waals surface area contributed by atoms with Crippen LogP contribution in [0.3, 0.4) is 0 Å². The van der Waals surface area contributed by atoms with Crippen LogP contribution in [0.5, 0.6) is 0 Å². The van der Waals surface area contributed by atoms with Gasteiger partial charge in [0.2, 0.25) is 0 Å². The summed E-state index contributed by atoms with van der Waals surface area (Å²) in [6.45, 7) is 21.5. The van der Waals surface area contributed by atoms with Gasteiger partial charge in [-0.05, 0) is 61.8 Å². The van der Waals surface area contributed by atoms with Crippen molar-refractivity contribution in [1.82, 2.24) is 0 Å². The van der Waals surface area contributed by atoms with Crippen molar-refractivity contribution in [2.75, 3.05) is 19.1 Å². The quantitative estimate of drug-likeness (QED) is 0.102. The summed E-state index contributed by atoms with van der Waals surface area (Å²) in [6, 6.07) is 6.87. The summed E-state index contributed by atoms with van der Waals surface area (Å²) in [4.78, 5) is 18.9. The van der Waals surface area contributed by atoms with Crippen LogP contribution in [0.2, 0.25) is 0 Å². The van der Waals surface area contributed by atoms with Gasteiger partial charge in [0.1, 0.15) is 6.29 Å². The van der Waals surface area contributed by atoms with Gasteiger partial charge in [-0.2, -0.15) is 0 Å². The highest BCUT2D eigenvalue weighted by atomic mass is 16.1. The fourth-order valence-electron chi connectivity index (χ4n) is 2.80. The van der Waals surface area contributed by atoms with Gasteiger partial charge in [-0.1, -0.05) is 78.5 Å². The average Bonchev–Trinajstić information content (AvgIpc) is 2.97. The molecule has 1 rings (SSSR count). The van der Waals surface area contributed by atoms with Crippen LogP contribution in [0.15, 0.2) is 106 Å². The molecular weight excluding hydrogens is 470 g/mol. The zero-order chi connectivity index (χ0) is 29.9. The highest BCUT2D eigenvalue weighted by Gasteiger charge is 2.12. The molecule has 0 aliphatic rings. The summed E-state index contributed by atoms with van der Waals surface area (Å²) in [5, 5.41) is 1.39. The summed E-state index contributed by atoms with van der Waals surface area (Å²) in [5.74, 6) is 6.04. The van der Waals surface area contributed by atoms with Crippen LogP contribution in [0.1, 0.15) is 71.7 Å². The van der Waals surface area contributed by atoms with E-state index in [2.05, 4.69) is 30.1 Å². The van der Waals surface area contributed by atoms with Crippen molar-refractivity contribution < 1.29 is 4.79 Å². The van der Waals surface area contributed by atoms with Gasteiger partial charge in [0.25, 0.3) is 0 Å². The molecule has 4 N–H and O–H groups in total. The van der Waals surface area contributed by atoms with Gasteiger partial charge in [0, 0.05) is 37.6 Å². The first-order valence-corrected chi connectivity index (χ1v) is 13.1. The van der Waals surface area contributed by atoms with Gasteiger partial charge < -0.3 is 5.73 Å². The van der Waals surface area contributed by atoms with Crippen LogP contribution >= 0.6 is 0 Å². The van der Waals surface area contributed by atoms with Gasteiger partial charge in [-0.3, -0.25) is 19.8 Å². The molecule has 0 amide bonds. The SMILES string of the molecule is C=C/C(=C\C=NC)CCC.C=C/C=C(C(=NC)/C(N)=C/N(N)c1ccc(C=O)cc1)\C(C)=C/C.CC.CC. The van der Waals surface area contributed by atoms with Crippen LogP contribution in [0, 0.1) is 0 Å². The number of hydrogen-bond donors (Lipinski definition) is 2. The summed E-state index contributed by atoms with van der Waals surface area (Å²) in [6.07, 6.45) is 15.8. The van der Waals surface area contributed by atoms with Crippen molar-refractivity contribution in [3.8, 4) is 0 Å². The number of nitrogens with two attached hydrogens (primary N) is 2. The number of allylic oxidation sites excluding steroid dienone is 8. The van der Waals surface area contributed by atoms with E-state index in [1.165, 1.54) is 10.6 Å². The summed E-state index contributed by atoms with van der Waals surface area (Å²) in [7, 11) is 3.44. The van der Waals surface area contributed by atoms with Crippen molar-refractivity contribution in [3.05, 3.63) is 102 Å². The summed E-state index contributed by atoms with van der Waals surface area (Å²) >= 11 is 0. The summed E-state index contributed by atoms with van der Waals surface area (Å²) in [5.41, 5.74) is 11.7. The minimum Gasteiger partial charge on any atom is -0.396 e. The van der Waals surface area contributed by atoms with E-state index in [0.29, 0.717) is 22.7 Å². The minimum absolute atomic E-state index is 0.425. The van der Waals surface area contributed by atoms with Crippen LogP contribution in [0.25, 0.3) is 0 Å². The molecule has 6 nitrogen and oxygen atoms in total. The number of aliphatic imine (C=N–C) groups is 2. The second-order valence-corrected chi connectivity index (χ2v) is 7.16. The van der Waals surface area contributed by atoms with E-state index in [1.54, 1.807) is 56.9 Å². The number of benzene rings is 1. The standard InChI is InChI=1S/C19H24N4O.C9H15N.2C2H6/c1-5-7-17(14(3)6-2)19(22-4)18(20)12-23(21)16-10-8-15(13-24)9-11-16;1-4-6-9(5-2)7-8-10-3;2*1-2/h5-13H,1,20-21H2,2-4H3;5,7-8H,2,4,6H2,1,3H3;2*1-2H3/b14-6-,17-7+,18-12-,22-19?;9-7+,10-8?;;. The van der Waals surface area contributed by atoms with Crippen LogP contribution in [-0.2, 0) is 0 Å². The van der Waals surface area contributed by atoms with Crippen molar-refractivity contribution in [2.24, 2.45) is 21.6 Å². The van der Waals surface area contributed by atoms with E-state index < -0.39 is 0 Å². The van der Waals surface area contributed by atoms with E-state index >= 15 is 0 Å². The third-order valence-electron chi connectivity index (χ3n) is 4.74. The monoisotopic (exact) mass is 521 g/mol. The number of hydrogen-bond acceptors (Lipinski definition) is 6. The number of carbonyl (C=O) groups excluding carboxylic acids is 1. The Morgan fingerprint density at radius 3 is 2.03 bits per heavy atom. The lowest BCUT2D eigenvalue weighted by molar-refractivity contribution is 0.112. The van der Waals surface area contributed by atoms with Crippen LogP contribution < -0.4 is 16.6 Å². The predicted octanol–water partition coefficient (Wildman–Crippen LogP) is 7.78. The van der Waals surface area contributed by atoms with E-state index in [-0.39, 0.29) is 0 Å². The number of aldehydes is 1. The Labute approximate surface area is 232 Å². The molecule has 210 valence electrons. The van der Waals surface area contributed by atoms with Gasteiger partial charge in [0.15, 0.2) is 0 Å². The molecule has 0 bridgehead atoms. The largest absolute Gasteiger partial charge is 0.396 e. The molecule has 0 aromatic heterocycles. The molecule has 6 heteroatoms. The fourth-order valence-corrected chi connectivity index (χ4v) is 2.80. The van der Waals surface area contributed by atoms with Gasteiger partial charge in [-0.15, -0.1) is 0 Å². The Morgan fingerprint density at radius 2 is 1.63 bits per heavy atom. The van der Waals surface area contributed by atoms with Crippen LogP contribution in [0.4, 0.5) is 5.69 Å². The maximum Gasteiger partial charge on any atom is 0.150 e. The van der Waals surface area contributed by atoms with E-state index in [4.69, 9.17) is 11.6 Å². The normalized spacial score (nSPS) is 12.2. The fraction of sp³-hybridized carbons (Fsp3) is 0.344. The highest BCUT2D eigenvalue weighted by molar-refractivity contribution is 6.14. The topological polar surface area (TPSA) is 97.1 Å². The van der Waals surface area contributed by atoms with Crippen molar-refractivity contribution in [2.45, 2.75) is 61.3 Å². The van der Waals surface area contributed by atoms with Crippen molar-refractivity contribution in [3.63, 3.8) is 0 Å². The molecule has 0 saturated heterocycles. The molecule has 1 aromatic carbocycles. The molecule has 0 radical (unpaired) electrons. The summed E-state index contributed by atoms with van der Waals surface area (Å²) < 4.78 is 0. The molecule has 0 spiro atoms. The Balaban J connectivity index is -0.000000732. The Hall–Kier alpha value is -3.77. The molecular formula is C32H51N5O. The van der Waals surface area contributed by atoms with E-state index in [1.807, 2.05) is 65.8 Å². The number of nitrogens with zero attached hydrogens (tertiary/aromatic N) is 3. The minimum atomic E-state index is 0.425. The zero-order valence-corrected chi connectivity index (χ0v) is 25.2. The molecule has 38 heavy (non-hydrogen) atoms. The molecule has 0 saturated carbocycles. The Bertz CT molecular complexity index is 978. The first-order chi connectivity index (χ1) is 18.3. The zero-order valence-electron chi connectivity index (χ0n) is 25.2. The molecule has 0 heterocycles. The third kappa shape index (κ3) is 16.1. The molecule has 0 atom stereocenters. The number of anilines is 1. The highest BCUT2D eigenvalue weighted by Crippen LogP contribution is 2.17. The number of carbonyl (C=O) groups is 1. The van der Waals surface area contributed by atoms with Gasteiger partial charge >= 0.3 is 0 Å². The van der Waals surface area contributed by atoms with Gasteiger partial charge in [-0.25, -0.2) is 5.84 Å². The van der Waals surface area contributed by atoms with E-state index in [0.717, 1.165) is 30.3 Å². The third-order valence-corrected chi connectivity index (χ3v) is 4.74. The van der Waals surface area contributed by atoms with Crippen LogP contribution in [-0.4, -0.2) is 32.3 Å². The molecule has 0 aliphatic carbocycles. The lowest BCUT2D eigenvalue weighted by atomic mass is 9.99. The average molecular weight is 522 g/mol. The second kappa shape index (κ2) is 26.3. The molecule has 0 fully saturated rings. The lowest BCUT2D eigenvalue weighted by Crippen LogP contribution is -2.28. The number of rotatable bonds is 11. The smallest absolute Gasteiger partial charge is 0.150 e. The molecule has 1 aromatic rings. The number of hydrazine groups is 1. The van der Waals surface area contributed by atoms with Crippen molar-refractivity contribution in [1.29, 1.82) is 0 Å². The van der Waals surface area contributed by atoms with Crippen molar-refractivity contribution >= 4 is 23.9 Å². The second-order valence-electron chi connectivity index (χ2n) is 7.16. The van der Waals surface area contributed by atoms with Gasteiger partial charge in [0.05, 0.1) is 17.1 Å². The first kappa shape index (κ1) is 38.8. The molecule has 0 unspecified atom stereocenters. The maximum absolute atomic E-state index is 10.7. The molecule has 0 aliphatic heterocycles. The Kier molecular flexibility index (Phi) is 26.8. The predicted molar refractivity (Wildman–Crippen MR) is 172 cm³/mol. The maximum atomic E-state index is 10.7. The van der Waals surface area contributed by atoms with E-state index in [9.17, 15) is 4.79 Å².